The van der Waals surface area contributed by atoms with E-state index in [2.05, 4.69) is 0 Å². The van der Waals surface area contributed by atoms with E-state index < -0.39 is 9.84 Å². The van der Waals surface area contributed by atoms with Gasteiger partial charge in [0.15, 0.2) is 0 Å². The molecule has 0 aromatic rings. The summed E-state index contributed by atoms with van der Waals surface area (Å²) in [5.41, 5.74) is 0. The summed E-state index contributed by atoms with van der Waals surface area (Å²) in [5, 5.41) is -0.310. The minimum Gasteiger partial charge on any atom is -0.374 e. The molecular weight excluding hydrogens is 264 g/mol. The van der Waals surface area contributed by atoms with Crippen LogP contribution in [0.4, 0.5) is 0 Å². The van der Waals surface area contributed by atoms with Gasteiger partial charge in [-0.05, 0) is 38.5 Å². The third-order valence-electron chi connectivity index (χ3n) is 5.11. The molecule has 2 saturated heterocycles. The largest absolute Gasteiger partial charge is 0.374 e. The summed E-state index contributed by atoms with van der Waals surface area (Å²) >= 11 is 0. The van der Waals surface area contributed by atoms with Gasteiger partial charge in [0.25, 0.3) is 0 Å². The first kappa shape index (κ1) is 13.6. The summed E-state index contributed by atoms with van der Waals surface area (Å²) in [6.07, 6.45) is 7.63. The van der Waals surface area contributed by atoms with Crippen molar-refractivity contribution < 1.29 is 17.9 Å². The van der Waals surface area contributed by atoms with Crippen LogP contribution < -0.4 is 0 Å². The van der Waals surface area contributed by atoms with Crippen molar-refractivity contribution in [3.8, 4) is 0 Å². The van der Waals surface area contributed by atoms with Crippen LogP contribution in [0, 0.1) is 11.8 Å². The lowest BCUT2D eigenvalue weighted by Crippen LogP contribution is -2.36. The Morgan fingerprint density at radius 3 is 2.47 bits per heavy atom. The van der Waals surface area contributed by atoms with Crippen LogP contribution in [0.5, 0.6) is 0 Å². The van der Waals surface area contributed by atoms with E-state index in [1.807, 2.05) is 0 Å². The molecular formula is C14H22O4S. The highest BCUT2D eigenvalue weighted by Crippen LogP contribution is 2.42. The van der Waals surface area contributed by atoms with Gasteiger partial charge in [0.2, 0.25) is 0 Å². The fourth-order valence-corrected chi connectivity index (χ4v) is 5.21. The third kappa shape index (κ3) is 2.59. The van der Waals surface area contributed by atoms with Crippen molar-refractivity contribution >= 4 is 15.6 Å². The average Bonchev–Trinajstić information content (AvgIpc) is 2.99. The van der Waals surface area contributed by atoms with E-state index in [1.54, 1.807) is 0 Å². The van der Waals surface area contributed by atoms with Crippen molar-refractivity contribution in [2.45, 2.75) is 62.4 Å². The van der Waals surface area contributed by atoms with Crippen molar-refractivity contribution in [2.75, 3.05) is 6.26 Å². The summed E-state index contributed by atoms with van der Waals surface area (Å²) in [4.78, 5) is 12.6. The highest BCUT2D eigenvalue weighted by Gasteiger charge is 2.46. The molecule has 0 aromatic carbocycles. The molecule has 0 amide bonds. The maximum absolute atomic E-state index is 12.6. The lowest BCUT2D eigenvalue weighted by atomic mass is 9.76. The molecule has 4 nitrogen and oxygen atoms in total. The number of hydrogen-bond donors (Lipinski definition) is 0. The van der Waals surface area contributed by atoms with E-state index in [1.165, 1.54) is 6.26 Å². The summed E-state index contributed by atoms with van der Waals surface area (Å²) < 4.78 is 29.1. The van der Waals surface area contributed by atoms with Gasteiger partial charge in [-0.25, -0.2) is 8.42 Å². The minimum absolute atomic E-state index is 0.0436. The number of carbonyl (C=O) groups excluding carboxylic acids is 1. The Hall–Kier alpha value is -0.420. The number of ether oxygens (including phenoxy) is 1. The van der Waals surface area contributed by atoms with Gasteiger partial charge in [0.05, 0.1) is 17.5 Å². The monoisotopic (exact) mass is 286 g/mol. The highest BCUT2D eigenvalue weighted by molar-refractivity contribution is 7.91. The van der Waals surface area contributed by atoms with Crippen LogP contribution >= 0.6 is 0 Å². The summed E-state index contributed by atoms with van der Waals surface area (Å²) in [6.45, 7) is 0. The van der Waals surface area contributed by atoms with Crippen LogP contribution in [0.3, 0.4) is 0 Å². The van der Waals surface area contributed by atoms with Crippen molar-refractivity contribution in [3.63, 3.8) is 0 Å². The van der Waals surface area contributed by atoms with Crippen molar-refractivity contribution in [1.29, 1.82) is 0 Å². The normalized spacial score (nSPS) is 42.5. The fourth-order valence-electron chi connectivity index (χ4n) is 4.03. The van der Waals surface area contributed by atoms with Crippen LogP contribution in [-0.2, 0) is 19.4 Å². The van der Waals surface area contributed by atoms with E-state index in [0.717, 1.165) is 38.5 Å². The molecule has 19 heavy (non-hydrogen) atoms. The Morgan fingerprint density at radius 1 is 1.11 bits per heavy atom. The maximum atomic E-state index is 12.6. The van der Waals surface area contributed by atoms with Crippen LogP contribution in [0.2, 0.25) is 0 Å². The van der Waals surface area contributed by atoms with Crippen LogP contribution in [0.1, 0.15) is 44.9 Å². The molecule has 0 spiro atoms. The number of fused-ring (bicyclic) bond motifs is 2. The van der Waals surface area contributed by atoms with Gasteiger partial charge in [-0.15, -0.1) is 0 Å². The number of ketones is 1. The minimum atomic E-state index is -3.01. The molecule has 5 heteroatoms. The van der Waals surface area contributed by atoms with E-state index >= 15 is 0 Å². The van der Waals surface area contributed by atoms with Gasteiger partial charge in [-0.2, -0.15) is 0 Å². The van der Waals surface area contributed by atoms with Gasteiger partial charge in [-0.1, -0.05) is 6.42 Å². The topological polar surface area (TPSA) is 60.4 Å². The predicted molar refractivity (Wildman–Crippen MR) is 71.6 cm³/mol. The molecule has 2 heterocycles. The average molecular weight is 286 g/mol. The quantitative estimate of drug-likeness (QED) is 0.792. The summed E-state index contributed by atoms with van der Waals surface area (Å²) in [6, 6.07) is 0. The summed E-state index contributed by atoms with van der Waals surface area (Å²) in [5.74, 6) is 0.268. The highest BCUT2D eigenvalue weighted by atomic mass is 32.2. The zero-order valence-corrected chi connectivity index (χ0v) is 12.2. The molecule has 5 atom stereocenters. The molecule has 0 radical (unpaired) electrons. The third-order valence-corrected chi connectivity index (χ3v) is 6.74. The zero-order chi connectivity index (χ0) is 13.6. The second-order valence-electron chi connectivity index (χ2n) is 6.43. The number of carbonyl (C=O) groups is 1. The number of rotatable bonds is 3. The van der Waals surface area contributed by atoms with E-state index in [0.29, 0.717) is 6.42 Å². The molecule has 3 aliphatic rings. The molecule has 5 unspecified atom stereocenters. The first-order valence-electron chi connectivity index (χ1n) is 7.33. The molecule has 0 N–H and O–H groups in total. The Labute approximate surface area is 114 Å². The van der Waals surface area contributed by atoms with Crippen LogP contribution in [0.15, 0.2) is 0 Å². The van der Waals surface area contributed by atoms with E-state index in [9.17, 15) is 13.2 Å². The van der Waals surface area contributed by atoms with Gasteiger partial charge in [-0.3, -0.25) is 4.79 Å². The number of Topliss-reactive ketones (excluding diaryl/α,β-unsaturated/α-hetero) is 1. The van der Waals surface area contributed by atoms with Gasteiger partial charge in [0, 0.05) is 18.1 Å². The first-order valence-corrected chi connectivity index (χ1v) is 9.28. The molecule has 3 rings (SSSR count). The standard InChI is InChI=1S/C14H22O4S/c1-19(16,17)11-4-2-3-9(7-11)14(15)12-8-10-5-6-13(12)18-10/h9-13H,2-8H2,1H3. The first-order chi connectivity index (χ1) is 8.95. The second-order valence-corrected chi connectivity index (χ2v) is 8.76. The van der Waals surface area contributed by atoms with Crippen molar-refractivity contribution in [2.24, 2.45) is 11.8 Å². The Balaban J connectivity index is 1.67. The Morgan fingerprint density at radius 2 is 1.89 bits per heavy atom. The lowest BCUT2D eigenvalue weighted by Gasteiger charge is -2.30. The molecule has 108 valence electrons. The van der Waals surface area contributed by atoms with Crippen LogP contribution in [-0.4, -0.2) is 37.9 Å². The smallest absolute Gasteiger partial charge is 0.150 e. The molecule has 2 aliphatic heterocycles. The fraction of sp³-hybridized carbons (Fsp3) is 0.929. The van der Waals surface area contributed by atoms with Crippen LogP contribution in [0.25, 0.3) is 0 Å². The van der Waals surface area contributed by atoms with E-state index in [4.69, 9.17) is 4.74 Å². The Kier molecular flexibility index (Phi) is 3.46. The molecule has 0 aromatic heterocycles. The van der Waals surface area contributed by atoms with Gasteiger partial charge in [0.1, 0.15) is 15.6 Å². The lowest BCUT2D eigenvalue weighted by molar-refractivity contribution is -0.129. The molecule has 1 aliphatic carbocycles. The molecule has 1 saturated carbocycles. The van der Waals surface area contributed by atoms with Crippen molar-refractivity contribution in [3.05, 3.63) is 0 Å². The van der Waals surface area contributed by atoms with Gasteiger partial charge >= 0.3 is 0 Å². The molecule has 2 bridgehead atoms. The Bertz CT molecular complexity index is 470. The zero-order valence-electron chi connectivity index (χ0n) is 11.4. The SMILES string of the molecule is CS(=O)(=O)C1CCCC(C(=O)C2CC3CCC2O3)C1. The number of sulfone groups is 1. The maximum Gasteiger partial charge on any atom is 0.150 e. The number of hydrogen-bond acceptors (Lipinski definition) is 4. The van der Waals surface area contributed by atoms with Gasteiger partial charge < -0.3 is 4.74 Å². The second kappa shape index (κ2) is 4.85. The molecule has 3 fully saturated rings. The van der Waals surface area contributed by atoms with Crippen molar-refractivity contribution in [1.82, 2.24) is 0 Å². The summed E-state index contributed by atoms with van der Waals surface area (Å²) in [7, 11) is -3.01. The van der Waals surface area contributed by atoms with E-state index in [-0.39, 0.29) is 35.1 Å². The predicted octanol–water partition coefficient (Wildman–Crippen LogP) is 1.73.